The van der Waals surface area contributed by atoms with E-state index in [9.17, 15) is 24.8 Å². The number of alkyl halides is 2. The second-order valence-electron chi connectivity index (χ2n) is 4.48. The highest BCUT2D eigenvalue weighted by molar-refractivity contribution is 6.53. The van der Waals surface area contributed by atoms with Gasteiger partial charge < -0.3 is 15.2 Å². The van der Waals surface area contributed by atoms with Crippen LogP contribution in [0.4, 0.5) is 5.69 Å². The monoisotopic (exact) mass is 364 g/mol. The number of ether oxygens (including phenoxy) is 1. The van der Waals surface area contributed by atoms with E-state index in [2.05, 4.69) is 5.32 Å². The minimum atomic E-state index is -1.36. The highest BCUT2D eigenvalue weighted by Crippen LogP contribution is 2.24. The number of nitro groups is 1. The number of hydrogen-bond acceptors (Lipinski definition) is 6. The van der Waals surface area contributed by atoms with Crippen LogP contribution in [-0.4, -0.2) is 39.4 Å². The molecule has 0 unspecified atom stereocenters. The summed E-state index contributed by atoms with van der Waals surface area (Å²) in [6, 6.07) is 4.13. The Morgan fingerprint density at radius 2 is 1.91 bits per heavy atom. The third kappa shape index (κ3) is 5.66. The maximum absolute atomic E-state index is 11.6. The van der Waals surface area contributed by atoms with Crippen LogP contribution in [0.15, 0.2) is 24.3 Å². The lowest BCUT2D eigenvalue weighted by molar-refractivity contribution is -0.384. The highest BCUT2D eigenvalue weighted by Gasteiger charge is 2.29. The summed E-state index contributed by atoms with van der Waals surface area (Å²) in [4.78, 5) is 31.5. The van der Waals surface area contributed by atoms with Gasteiger partial charge in [-0.1, -0.05) is 23.2 Å². The molecule has 1 amide bonds. The molecule has 0 radical (unpaired) electrons. The Morgan fingerprint density at radius 3 is 2.30 bits per heavy atom. The third-order valence-electron chi connectivity index (χ3n) is 2.81. The van der Waals surface area contributed by atoms with Gasteiger partial charge in [0.25, 0.3) is 11.6 Å². The number of nitrogens with one attached hydrogen (secondary N) is 1. The zero-order valence-corrected chi connectivity index (χ0v) is 13.5. The van der Waals surface area contributed by atoms with Crippen LogP contribution in [0.25, 0.3) is 0 Å². The number of halogens is 2. The van der Waals surface area contributed by atoms with Crippen molar-refractivity contribution in [2.24, 2.45) is 0 Å². The van der Waals surface area contributed by atoms with Crippen molar-refractivity contribution in [1.82, 2.24) is 5.32 Å². The number of carbonyl (C=O) groups is 2. The van der Waals surface area contributed by atoms with Crippen molar-refractivity contribution in [2.75, 3.05) is 6.61 Å². The van der Waals surface area contributed by atoms with Gasteiger partial charge in [-0.2, -0.15) is 0 Å². The number of aliphatic hydroxyl groups excluding tert-OH is 1. The van der Waals surface area contributed by atoms with Crippen LogP contribution in [-0.2, 0) is 14.3 Å². The van der Waals surface area contributed by atoms with E-state index in [1.807, 2.05) is 0 Å². The van der Waals surface area contributed by atoms with E-state index in [1.165, 1.54) is 24.3 Å². The van der Waals surface area contributed by atoms with E-state index in [0.717, 1.165) is 6.92 Å². The molecule has 1 rings (SSSR count). The predicted molar refractivity (Wildman–Crippen MR) is 82.1 cm³/mol. The molecule has 126 valence electrons. The van der Waals surface area contributed by atoms with Crippen LogP contribution >= 0.6 is 23.2 Å². The molecule has 0 bridgehead atoms. The molecule has 0 aliphatic heterocycles. The zero-order valence-electron chi connectivity index (χ0n) is 11.9. The Kier molecular flexibility index (Phi) is 7.21. The van der Waals surface area contributed by atoms with Crippen molar-refractivity contribution in [3.8, 4) is 0 Å². The third-order valence-corrected chi connectivity index (χ3v) is 3.21. The number of carbonyl (C=O) groups excluding carboxylic acids is 2. The fourth-order valence-corrected chi connectivity index (χ4v) is 1.94. The SMILES string of the molecule is CC(=O)O[C@H](c1ccc([N+](=O)[O-])cc1)[C@@H](CO)NC(=O)C(Cl)Cl. The number of benzene rings is 1. The van der Waals surface area contributed by atoms with E-state index >= 15 is 0 Å². The van der Waals surface area contributed by atoms with Crippen LogP contribution in [0.5, 0.6) is 0 Å². The molecule has 0 fully saturated rings. The van der Waals surface area contributed by atoms with Gasteiger partial charge in [0, 0.05) is 19.1 Å². The minimum Gasteiger partial charge on any atom is -0.455 e. The van der Waals surface area contributed by atoms with E-state index < -0.39 is 40.4 Å². The first-order valence-corrected chi connectivity index (χ1v) is 7.24. The van der Waals surface area contributed by atoms with E-state index in [-0.39, 0.29) is 5.69 Å². The first-order chi connectivity index (χ1) is 10.8. The molecule has 0 aliphatic carbocycles. The molecule has 23 heavy (non-hydrogen) atoms. The van der Waals surface area contributed by atoms with E-state index in [1.54, 1.807) is 0 Å². The molecule has 0 heterocycles. The Hall–Kier alpha value is -1.90. The van der Waals surface area contributed by atoms with Gasteiger partial charge in [0.1, 0.15) is 6.10 Å². The number of esters is 1. The largest absolute Gasteiger partial charge is 0.455 e. The number of hydrogen-bond donors (Lipinski definition) is 2. The van der Waals surface area contributed by atoms with Crippen LogP contribution in [0, 0.1) is 10.1 Å². The van der Waals surface area contributed by atoms with Crippen molar-refractivity contribution >= 4 is 40.8 Å². The number of nitro benzene ring substituents is 1. The summed E-state index contributed by atoms with van der Waals surface area (Å²) in [7, 11) is 0. The van der Waals surface area contributed by atoms with Gasteiger partial charge in [-0.05, 0) is 17.7 Å². The topological polar surface area (TPSA) is 119 Å². The molecule has 1 aromatic carbocycles. The standard InChI is InChI=1S/C13H14Cl2N2O6/c1-7(19)23-11(10(6-18)16-13(20)12(14)15)8-2-4-9(5-3-8)17(21)22/h2-5,10-12,18H,6H2,1H3,(H,16,20)/t10-,11-/m1/s1. The summed E-state index contributed by atoms with van der Waals surface area (Å²) in [5.74, 6) is -1.43. The first-order valence-electron chi connectivity index (χ1n) is 6.37. The Balaban J connectivity index is 3.08. The first kappa shape index (κ1) is 19.1. The molecule has 1 aromatic rings. The highest BCUT2D eigenvalue weighted by atomic mass is 35.5. The Bertz CT molecular complexity index is 578. The number of aliphatic hydroxyl groups is 1. The fourth-order valence-electron chi connectivity index (χ4n) is 1.81. The normalized spacial score (nSPS) is 13.3. The van der Waals surface area contributed by atoms with Crippen molar-refractivity contribution in [2.45, 2.75) is 23.9 Å². The molecule has 0 aromatic heterocycles. The predicted octanol–water partition coefficient (Wildman–Crippen LogP) is 1.48. The van der Waals surface area contributed by atoms with Crippen LogP contribution < -0.4 is 5.32 Å². The molecule has 0 aliphatic rings. The quantitative estimate of drug-likeness (QED) is 0.327. The summed E-state index contributed by atoms with van der Waals surface area (Å²) in [6.07, 6.45) is -1.06. The molecule has 0 saturated carbocycles. The molecular formula is C13H14Cl2N2O6. The number of non-ortho nitro benzene ring substituents is 1. The second kappa shape index (κ2) is 8.66. The zero-order chi connectivity index (χ0) is 17.6. The molecule has 8 nitrogen and oxygen atoms in total. The van der Waals surface area contributed by atoms with Gasteiger partial charge in [-0.25, -0.2) is 0 Å². The fraction of sp³-hybridized carbons (Fsp3) is 0.385. The van der Waals surface area contributed by atoms with Crippen molar-refractivity contribution in [3.63, 3.8) is 0 Å². The Labute approximate surface area is 141 Å². The molecular weight excluding hydrogens is 351 g/mol. The lowest BCUT2D eigenvalue weighted by Crippen LogP contribution is -2.45. The maximum Gasteiger partial charge on any atom is 0.303 e. The summed E-state index contributed by atoms with van der Waals surface area (Å²) >= 11 is 10.9. The average molecular weight is 365 g/mol. The van der Waals surface area contributed by atoms with Gasteiger partial charge >= 0.3 is 5.97 Å². The molecule has 2 N–H and O–H groups in total. The van der Waals surface area contributed by atoms with Crippen molar-refractivity contribution < 1.29 is 24.4 Å². The van der Waals surface area contributed by atoms with Crippen LogP contribution in [0.3, 0.4) is 0 Å². The lowest BCUT2D eigenvalue weighted by Gasteiger charge is -2.26. The molecule has 0 spiro atoms. The minimum absolute atomic E-state index is 0.151. The molecule has 0 saturated heterocycles. The van der Waals surface area contributed by atoms with E-state index in [4.69, 9.17) is 27.9 Å². The Morgan fingerprint density at radius 1 is 1.35 bits per heavy atom. The number of amides is 1. The van der Waals surface area contributed by atoms with Crippen molar-refractivity contribution in [1.29, 1.82) is 0 Å². The number of rotatable bonds is 7. The van der Waals surface area contributed by atoms with Crippen LogP contribution in [0.2, 0.25) is 0 Å². The van der Waals surface area contributed by atoms with Crippen molar-refractivity contribution in [3.05, 3.63) is 39.9 Å². The maximum atomic E-state index is 11.6. The lowest BCUT2D eigenvalue weighted by atomic mass is 10.0. The summed E-state index contributed by atoms with van der Waals surface area (Å²) in [6.45, 7) is 0.585. The van der Waals surface area contributed by atoms with Gasteiger partial charge in [0.15, 0.2) is 4.84 Å². The summed E-state index contributed by atoms with van der Waals surface area (Å²) in [5, 5.41) is 22.5. The van der Waals surface area contributed by atoms with Gasteiger partial charge in [0.2, 0.25) is 0 Å². The molecule has 10 heteroatoms. The summed E-state index contributed by atoms with van der Waals surface area (Å²) < 4.78 is 5.10. The molecule has 2 atom stereocenters. The van der Waals surface area contributed by atoms with Gasteiger partial charge in [-0.15, -0.1) is 0 Å². The van der Waals surface area contributed by atoms with Crippen LogP contribution in [0.1, 0.15) is 18.6 Å². The van der Waals surface area contributed by atoms with Gasteiger partial charge in [0.05, 0.1) is 17.6 Å². The van der Waals surface area contributed by atoms with Gasteiger partial charge in [-0.3, -0.25) is 19.7 Å². The summed E-state index contributed by atoms with van der Waals surface area (Å²) in [5.41, 5.74) is 0.201. The average Bonchev–Trinajstić information content (AvgIpc) is 2.50. The number of nitrogens with zero attached hydrogens (tertiary/aromatic N) is 1. The smallest absolute Gasteiger partial charge is 0.303 e. The van der Waals surface area contributed by atoms with E-state index in [0.29, 0.717) is 5.56 Å². The second-order valence-corrected chi connectivity index (χ2v) is 5.57.